The number of nitro benzene ring substituents is 1. The van der Waals surface area contributed by atoms with Crippen molar-refractivity contribution in [1.82, 2.24) is 0 Å². The number of rotatable bonds is 4. The van der Waals surface area contributed by atoms with Crippen molar-refractivity contribution in [3.8, 4) is 0 Å². The molecule has 0 aliphatic carbocycles. The van der Waals surface area contributed by atoms with Gasteiger partial charge in [-0.3, -0.25) is 10.1 Å². The van der Waals surface area contributed by atoms with Crippen LogP contribution in [0.1, 0.15) is 32.8 Å². The average molecular weight is 335 g/mol. The normalized spacial score (nSPS) is 13.4. The minimum absolute atomic E-state index is 0.0643. The van der Waals surface area contributed by atoms with Gasteiger partial charge in [0.05, 0.1) is 4.92 Å². The Labute approximate surface area is 121 Å². The number of hydrogen-bond donors (Lipinski definition) is 0. The third-order valence-electron chi connectivity index (χ3n) is 2.85. The molecule has 0 bridgehead atoms. The molecule has 1 atom stereocenters. The monoisotopic (exact) mass is 333 g/mol. The average Bonchev–Trinajstić information content (AvgIpc) is 2.25. The summed E-state index contributed by atoms with van der Waals surface area (Å²) in [5, 5.41) is 10.7. The van der Waals surface area contributed by atoms with Crippen LogP contribution in [0.4, 0.5) is 5.69 Å². The van der Waals surface area contributed by atoms with E-state index in [1.165, 1.54) is 12.1 Å². The van der Waals surface area contributed by atoms with Crippen LogP contribution in [0, 0.1) is 15.5 Å². The highest BCUT2D eigenvalue weighted by atomic mass is 79.9. The van der Waals surface area contributed by atoms with E-state index >= 15 is 0 Å². The maximum Gasteiger partial charge on any atom is 0.270 e. The van der Waals surface area contributed by atoms with Gasteiger partial charge in [0.2, 0.25) is 0 Å². The van der Waals surface area contributed by atoms with Gasteiger partial charge in [-0.05, 0) is 23.8 Å². The number of non-ortho nitro benzene ring substituents is 1. The van der Waals surface area contributed by atoms with E-state index in [-0.39, 0.29) is 16.5 Å². The van der Waals surface area contributed by atoms with E-state index in [4.69, 9.17) is 11.6 Å². The Kier molecular flexibility index (Phi) is 5.17. The second-order valence-electron chi connectivity index (χ2n) is 5.41. The van der Waals surface area contributed by atoms with Gasteiger partial charge < -0.3 is 0 Å². The molecule has 1 rings (SSSR count). The summed E-state index contributed by atoms with van der Waals surface area (Å²) in [4.78, 5) is 10.2. The van der Waals surface area contributed by atoms with Crippen LogP contribution in [0.15, 0.2) is 22.7 Å². The molecule has 0 heterocycles. The number of aryl methyl sites for hydroxylation is 1. The van der Waals surface area contributed by atoms with Gasteiger partial charge in [-0.1, -0.05) is 42.8 Å². The standard InChI is InChI=1S/C13H17BrClNO2/c1-13(2,3)12(15)7-5-9-4-6-10(16(17)18)8-11(9)14/h4,6,8,12H,5,7H2,1-3H3. The largest absolute Gasteiger partial charge is 0.270 e. The molecule has 0 aliphatic heterocycles. The summed E-state index contributed by atoms with van der Waals surface area (Å²) >= 11 is 9.69. The van der Waals surface area contributed by atoms with Gasteiger partial charge in [-0.2, -0.15) is 0 Å². The van der Waals surface area contributed by atoms with Crippen molar-refractivity contribution in [3.63, 3.8) is 0 Å². The summed E-state index contributed by atoms with van der Waals surface area (Å²) in [7, 11) is 0. The fourth-order valence-electron chi connectivity index (χ4n) is 1.57. The third kappa shape index (κ3) is 4.25. The molecule has 3 nitrogen and oxygen atoms in total. The van der Waals surface area contributed by atoms with Crippen LogP contribution in [0.25, 0.3) is 0 Å². The third-order valence-corrected chi connectivity index (χ3v) is 4.47. The van der Waals surface area contributed by atoms with Crippen LogP contribution >= 0.6 is 27.5 Å². The van der Waals surface area contributed by atoms with Crippen LogP contribution in [-0.2, 0) is 6.42 Å². The topological polar surface area (TPSA) is 43.1 Å². The Morgan fingerprint density at radius 2 is 2.06 bits per heavy atom. The lowest BCUT2D eigenvalue weighted by molar-refractivity contribution is -0.384. The summed E-state index contributed by atoms with van der Waals surface area (Å²) in [5.74, 6) is 0. The van der Waals surface area contributed by atoms with Gasteiger partial charge in [0.15, 0.2) is 0 Å². The van der Waals surface area contributed by atoms with Crippen molar-refractivity contribution in [1.29, 1.82) is 0 Å². The van der Waals surface area contributed by atoms with Crippen LogP contribution < -0.4 is 0 Å². The first kappa shape index (κ1) is 15.4. The summed E-state index contributed by atoms with van der Waals surface area (Å²) < 4.78 is 0.773. The van der Waals surface area contributed by atoms with Crippen molar-refractivity contribution in [2.45, 2.75) is 39.0 Å². The molecule has 100 valence electrons. The SMILES string of the molecule is CC(C)(C)C(Cl)CCc1ccc([N+](=O)[O-])cc1Br. The Bertz CT molecular complexity index is 443. The minimum atomic E-state index is -0.395. The fraction of sp³-hybridized carbons (Fsp3) is 0.538. The van der Waals surface area contributed by atoms with Crippen LogP contribution in [0.3, 0.4) is 0 Å². The van der Waals surface area contributed by atoms with Crippen molar-refractivity contribution >= 4 is 33.2 Å². The number of nitro groups is 1. The maximum absolute atomic E-state index is 10.6. The molecule has 0 amide bonds. The second kappa shape index (κ2) is 6.02. The number of alkyl halides is 1. The predicted octanol–water partition coefficient (Wildman–Crippen LogP) is 4.94. The molecule has 5 heteroatoms. The van der Waals surface area contributed by atoms with Gasteiger partial charge in [-0.25, -0.2) is 0 Å². The minimum Gasteiger partial charge on any atom is -0.258 e. The van der Waals surface area contributed by atoms with Crippen LogP contribution in [0.5, 0.6) is 0 Å². The Balaban J connectivity index is 2.72. The van der Waals surface area contributed by atoms with Gasteiger partial charge in [0, 0.05) is 22.0 Å². The molecule has 0 radical (unpaired) electrons. The summed E-state index contributed by atoms with van der Waals surface area (Å²) in [6, 6.07) is 4.85. The lowest BCUT2D eigenvalue weighted by Gasteiger charge is -2.25. The van der Waals surface area contributed by atoms with E-state index in [9.17, 15) is 10.1 Å². The molecular weight excluding hydrogens is 318 g/mol. The summed E-state index contributed by atoms with van der Waals surface area (Å²) in [6.45, 7) is 6.32. The van der Waals surface area contributed by atoms with Crippen molar-refractivity contribution < 1.29 is 4.92 Å². The highest BCUT2D eigenvalue weighted by Gasteiger charge is 2.22. The first-order chi connectivity index (χ1) is 8.21. The Morgan fingerprint density at radius 1 is 1.44 bits per heavy atom. The lowest BCUT2D eigenvalue weighted by atomic mass is 9.88. The molecule has 18 heavy (non-hydrogen) atoms. The molecule has 1 aromatic carbocycles. The first-order valence-corrected chi connectivity index (χ1v) is 7.01. The second-order valence-corrected chi connectivity index (χ2v) is 6.79. The lowest BCUT2D eigenvalue weighted by Crippen LogP contribution is -2.21. The smallest absolute Gasteiger partial charge is 0.258 e. The van der Waals surface area contributed by atoms with Gasteiger partial charge in [0.1, 0.15) is 0 Å². The highest BCUT2D eigenvalue weighted by Crippen LogP contribution is 2.30. The molecule has 0 aromatic heterocycles. The van der Waals surface area contributed by atoms with E-state index < -0.39 is 4.92 Å². The number of benzene rings is 1. The Morgan fingerprint density at radius 3 is 2.50 bits per heavy atom. The van der Waals surface area contributed by atoms with E-state index in [2.05, 4.69) is 36.7 Å². The van der Waals surface area contributed by atoms with Gasteiger partial charge in [0.25, 0.3) is 5.69 Å². The van der Waals surface area contributed by atoms with E-state index in [1.54, 1.807) is 6.07 Å². The van der Waals surface area contributed by atoms with Crippen molar-refractivity contribution in [2.75, 3.05) is 0 Å². The molecule has 1 aromatic rings. The van der Waals surface area contributed by atoms with E-state index in [0.717, 1.165) is 22.9 Å². The Hall–Kier alpha value is -0.610. The maximum atomic E-state index is 10.6. The fourth-order valence-corrected chi connectivity index (χ4v) is 2.24. The molecule has 0 N–H and O–H groups in total. The summed E-state index contributed by atoms with van der Waals surface area (Å²) in [5.41, 5.74) is 1.22. The quantitative estimate of drug-likeness (QED) is 0.444. The summed E-state index contributed by atoms with van der Waals surface area (Å²) in [6.07, 6.45) is 1.66. The van der Waals surface area contributed by atoms with Gasteiger partial charge >= 0.3 is 0 Å². The van der Waals surface area contributed by atoms with Crippen LogP contribution in [-0.4, -0.2) is 10.3 Å². The molecule has 0 saturated carbocycles. The number of hydrogen-bond acceptors (Lipinski definition) is 2. The van der Waals surface area contributed by atoms with E-state index in [0.29, 0.717) is 0 Å². The van der Waals surface area contributed by atoms with E-state index in [1.807, 2.05) is 0 Å². The molecule has 0 aliphatic rings. The zero-order valence-electron chi connectivity index (χ0n) is 10.7. The molecule has 0 fully saturated rings. The highest BCUT2D eigenvalue weighted by molar-refractivity contribution is 9.10. The molecular formula is C13H17BrClNO2. The molecule has 1 unspecified atom stereocenters. The zero-order chi connectivity index (χ0) is 13.9. The number of halogens is 2. The van der Waals surface area contributed by atoms with Crippen molar-refractivity contribution in [3.05, 3.63) is 38.3 Å². The van der Waals surface area contributed by atoms with Gasteiger partial charge in [-0.15, -0.1) is 11.6 Å². The van der Waals surface area contributed by atoms with Crippen LogP contribution in [0.2, 0.25) is 0 Å². The number of nitrogens with zero attached hydrogens (tertiary/aromatic N) is 1. The molecule has 0 saturated heterocycles. The first-order valence-electron chi connectivity index (χ1n) is 5.78. The zero-order valence-corrected chi connectivity index (χ0v) is 13.1. The molecule has 0 spiro atoms. The van der Waals surface area contributed by atoms with Crippen molar-refractivity contribution in [2.24, 2.45) is 5.41 Å². The predicted molar refractivity (Wildman–Crippen MR) is 78.2 cm³/mol.